The van der Waals surface area contributed by atoms with E-state index < -0.39 is 23.8 Å². The van der Waals surface area contributed by atoms with Gasteiger partial charge in [0.1, 0.15) is 5.92 Å². The van der Waals surface area contributed by atoms with Gasteiger partial charge in [-0.1, -0.05) is 19.4 Å². The molecule has 1 saturated heterocycles. The Kier molecular flexibility index (Phi) is 4.26. The van der Waals surface area contributed by atoms with E-state index in [1.54, 1.807) is 18.2 Å². The van der Waals surface area contributed by atoms with Crippen LogP contribution in [0.5, 0.6) is 0 Å². The van der Waals surface area contributed by atoms with Gasteiger partial charge in [0.15, 0.2) is 0 Å². The second kappa shape index (κ2) is 5.95. The minimum absolute atomic E-state index is 0.432. The van der Waals surface area contributed by atoms with Gasteiger partial charge in [0.05, 0.1) is 5.69 Å². The molecule has 0 aliphatic carbocycles. The lowest BCUT2D eigenvalue weighted by atomic mass is 9.99. The van der Waals surface area contributed by atoms with Crippen molar-refractivity contribution in [3.05, 3.63) is 24.3 Å². The maximum Gasteiger partial charge on any atom is 0.335 e. The van der Waals surface area contributed by atoms with Crippen LogP contribution in [0.3, 0.4) is 0 Å². The number of amides is 4. The average Bonchev–Trinajstić information content (AvgIpc) is 2.43. The predicted molar refractivity (Wildman–Crippen MR) is 80.2 cm³/mol. The number of carbonyl (C=O) groups excluding carboxylic acids is 3. The molecule has 21 heavy (non-hydrogen) atoms. The van der Waals surface area contributed by atoms with E-state index in [-0.39, 0.29) is 0 Å². The Morgan fingerprint density at radius 1 is 1.24 bits per heavy atom. The summed E-state index contributed by atoms with van der Waals surface area (Å²) in [5.41, 5.74) is 1.34. The number of rotatable bonds is 4. The van der Waals surface area contributed by atoms with E-state index >= 15 is 0 Å². The monoisotopic (exact) mass is 289 g/mol. The Hall–Kier alpha value is -2.37. The SMILES string of the molecule is CCCC1C(=O)NC(=O)N(c2cccc(N(C)C)c2)C1=O. The molecule has 6 nitrogen and oxygen atoms in total. The molecule has 0 aromatic heterocycles. The van der Waals surface area contributed by atoms with Gasteiger partial charge in [0.25, 0.3) is 0 Å². The van der Waals surface area contributed by atoms with Crippen LogP contribution >= 0.6 is 0 Å². The normalized spacial score (nSPS) is 18.7. The molecule has 1 fully saturated rings. The molecule has 1 N–H and O–H groups in total. The van der Waals surface area contributed by atoms with E-state index in [1.807, 2.05) is 32.0 Å². The highest BCUT2D eigenvalue weighted by Crippen LogP contribution is 2.26. The number of barbiturate groups is 1. The molecule has 1 aliphatic heterocycles. The van der Waals surface area contributed by atoms with Crippen molar-refractivity contribution in [1.29, 1.82) is 0 Å². The number of imide groups is 2. The lowest BCUT2D eigenvalue weighted by molar-refractivity contribution is -0.134. The van der Waals surface area contributed by atoms with Gasteiger partial charge in [-0.25, -0.2) is 9.69 Å². The van der Waals surface area contributed by atoms with Gasteiger partial charge < -0.3 is 4.90 Å². The van der Waals surface area contributed by atoms with Crippen LogP contribution in [0, 0.1) is 5.92 Å². The van der Waals surface area contributed by atoms with Gasteiger partial charge in [-0.05, 0) is 24.6 Å². The number of anilines is 2. The second-order valence-electron chi connectivity index (χ2n) is 5.22. The largest absolute Gasteiger partial charge is 0.378 e. The third kappa shape index (κ3) is 2.89. The van der Waals surface area contributed by atoms with Crippen LogP contribution < -0.4 is 15.1 Å². The van der Waals surface area contributed by atoms with Crippen LogP contribution in [0.25, 0.3) is 0 Å². The molecule has 2 rings (SSSR count). The molecule has 0 radical (unpaired) electrons. The molecule has 112 valence electrons. The smallest absolute Gasteiger partial charge is 0.335 e. The van der Waals surface area contributed by atoms with Crippen LogP contribution in [-0.4, -0.2) is 31.9 Å². The fourth-order valence-corrected chi connectivity index (χ4v) is 2.31. The first-order chi connectivity index (χ1) is 9.95. The van der Waals surface area contributed by atoms with Gasteiger partial charge in [-0.15, -0.1) is 0 Å². The molecular weight excluding hydrogens is 270 g/mol. The third-order valence-electron chi connectivity index (χ3n) is 3.45. The Labute approximate surface area is 123 Å². The van der Waals surface area contributed by atoms with Crippen molar-refractivity contribution in [2.24, 2.45) is 5.92 Å². The fraction of sp³-hybridized carbons (Fsp3) is 0.400. The first kappa shape index (κ1) is 15.0. The third-order valence-corrected chi connectivity index (χ3v) is 3.45. The van der Waals surface area contributed by atoms with Crippen molar-refractivity contribution in [3.63, 3.8) is 0 Å². The van der Waals surface area contributed by atoms with Crippen molar-refractivity contribution in [2.45, 2.75) is 19.8 Å². The summed E-state index contributed by atoms with van der Waals surface area (Å²) >= 11 is 0. The van der Waals surface area contributed by atoms with E-state index in [0.717, 1.165) is 10.6 Å². The van der Waals surface area contributed by atoms with Crippen molar-refractivity contribution < 1.29 is 14.4 Å². The van der Waals surface area contributed by atoms with E-state index in [4.69, 9.17) is 0 Å². The Bertz CT molecular complexity index is 583. The second-order valence-corrected chi connectivity index (χ2v) is 5.22. The number of carbonyl (C=O) groups is 3. The lowest BCUT2D eigenvalue weighted by Crippen LogP contribution is -2.58. The number of nitrogens with one attached hydrogen (secondary N) is 1. The summed E-state index contributed by atoms with van der Waals surface area (Å²) in [7, 11) is 3.75. The van der Waals surface area contributed by atoms with E-state index in [9.17, 15) is 14.4 Å². The van der Waals surface area contributed by atoms with E-state index in [2.05, 4.69) is 5.32 Å². The molecule has 6 heteroatoms. The van der Waals surface area contributed by atoms with Crippen molar-refractivity contribution >= 4 is 29.2 Å². The van der Waals surface area contributed by atoms with Crippen molar-refractivity contribution in [2.75, 3.05) is 23.9 Å². The highest BCUT2D eigenvalue weighted by molar-refractivity contribution is 6.27. The molecule has 1 heterocycles. The number of benzene rings is 1. The molecule has 1 aliphatic rings. The van der Waals surface area contributed by atoms with Gasteiger partial charge in [0, 0.05) is 19.8 Å². The molecular formula is C15H19N3O3. The van der Waals surface area contributed by atoms with E-state index in [1.165, 1.54) is 0 Å². The van der Waals surface area contributed by atoms with Crippen molar-refractivity contribution in [1.82, 2.24) is 5.32 Å². The van der Waals surface area contributed by atoms with Gasteiger partial charge in [0.2, 0.25) is 11.8 Å². The molecule has 4 amide bonds. The summed E-state index contributed by atoms with van der Waals surface area (Å²) in [6.07, 6.45) is 1.13. The maximum absolute atomic E-state index is 12.4. The molecule has 1 atom stereocenters. The minimum atomic E-state index is -0.796. The summed E-state index contributed by atoms with van der Waals surface area (Å²) in [6, 6.07) is 6.40. The fourth-order valence-electron chi connectivity index (χ4n) is 2.31. The van der Waals surface area contributed by atoms with Gasteiger partial charge in [-0.2, -0.15) is 0 Å². The lowest BCUT2D eigenvalue weighted by Gasteiger charge is -2.30. The first-order valence-corrected chi connectivity index (χ1v) is 6.92. The van der Waals surface area contributed by atoms with Gasteiger partial charge >= 0.3 is 6.03 Å². The molecule has 0 spiro atoms. The Balaban J connectivity index is 2.37. The highest BCUT2D eigenvalue weighted by Gasteiger charge is 2.40. The van der Waals surface area contributed by atoms with Crippen LogP contribution in [0.4, 0.5) is 16.2 Å². The number of hydrogen-bond acceptors (Lipinski definition) is 4. The number of urea groups is 1. The quantitative estimate of drug-likeness (QED) is 0.857. The standard InChI is InChI=1S/C15H19N3O3/c1-4-6-12-13(19)16-15(21)18(14(12)20)11-8-5-7-10(9-11)17(2)3/h5,7-9,12H,4,6H2,1-3H3,(H,16,19,21). The first-order valence-electron chi connectivity index (χ1n) is 6.92. The summed E-state index contributed by atoms with van der Waals surface area (Å²) < 4.78 is 0. The minimum Gasteiger partial charge on any atom is -0.378 e. The Morgan fingerprint density at radius 2 is 1.95 bits per heavy atom. The zero-order chi connectivity index (χ0) is 15.6. The summed E-state index contributed by atoms with van der Waals surface area (Å²) in [6.45, 7) is 1.90. The average molecular weight is 289 g/mol. The van der Waals surface area contributed by atoms with Crippen molar-refractivity contribution in [3.8, 4) is 0 Å². The van der Waals surface area contributed by atoms with Crippen LogP contribution in [0.15, 0.2) is 24.3 Å². The molecule has 1 aromatic rings. The van der Waals surface area contributed by atoms with Crippen LogP contribution in [-0.2, 0) is 9.59 Å². The summed E-state index contributed by atoms with van der Waals surface area (Å²) in [5, 5.41) is 2.26. The highest BCUT2D eigenvalue weighted by atomic mass is 16.2. The number of nitrogens with zero attached hydrogens (tertiary/aromatic N) is 2. The summed E-state index contributed by atoms with van der Waals surface area (Å²) in [4.78, 5) is 39.2. The Morgan fingerprint density at radius 3 is 2.57 bits per heavy atom. The zero-order valence-corrected chi connectivity index (χ0v) is 12.4. The summed E-state index contributed by atoms with van der Waals surface area (Å²) in [5.74, 6) is -1.76. The van der Waals surface area contributed by atoms with E-state index in [0.29, 0.717) is 18.5 Å². The predicted octanol–water partition coefficient (Wildman–Crippen LogP) is 1.75. The molecule has 1 aromatic carbocycles. The topological polar surface area (TPSA) is 69.7 Å². The molecule has 1 unspecified atom stereocenters. The maximum atomic E-state index is 12.4. The zero-order valence-electron chi connectivity index (χ0n) is 12.4. The van der Waals surface area contributed by atoms with Gasteiger partial charge in [-0.3, -0.25) is 14.9 Å². The van der Waals surface area contributed by atoms with Crippen LogP contribution in [0.1, 0.15) is 19.8 Å². The number of hydrogen-bond donors (Lipinski definition) is 1. The molecule has 0 saturated carbocycles. The molecule has 0 bridgehead atoms. The van der Waals surface area contributed by atoms with Crippen LogP contribution in [0.2, 0.25) is 0 Å².